The van der Waals surface area contributed by atoms with Gasteiger partial charge in [0.05, 0.1) is 33.4 Å². The van der Waals surface area contributed by atoms with Gasteiger partial charge in [0.15, 0.2) is 0 Å². The van der Waals surface area contributed by atoms with Crippen molar-refractivity contribution in [3.63, 3.8) is 0 Å². The summed E-state index contributed by atoms with van der Waals surface area (Å²) in [6, 6.07) is 35.1. The molecule has 0 aliphatic heterocycles. The fourth-order valence-electron chi connectivity index (χ4n) is 7.23. The molecule has 0 bridgehead atoms. The van der Waals surface area contributed by atoms with Crippen molar-refractivity contribution in [2.45, 2.75) is 0 Å². The van der Waals surface area contributed by atoms with Crippen LogP contribution in [0.4, 0.5) is 50.4 Å². The molecule has 0 spiro atoms. The van der Waals surface area contributed by atoms with E-state index in [1.807, 2.05) is 64.2 Å². The molecule has 4 fully saturated rings. The van der Waals surface area contributed by atoms with Crippen LogP contribution in [0.25, 0.3) is 45.6 Å². The Morgan fingerprint density at radius 2 is 0.618 bits per heavy atom. The van der Waals surface area contributed by atoms with Crippen LogP contribution in [0.2, 0.25) is 0 Å². The summed E-state index contributed by atoms with van der Waals surface area (Å²) in [5.74, 6) is 2.47. The number of allylic oxidation sites excluding steroid dienone is 6. The summed E-state index contributed by atoms with van der Waals surface area (Å²) >= 11 is 0. The van der Waals surface area contributed by atoms with E-state index in [0.717, 1.165) is 0 Å². The van der Waals surface area contributed by atoms with Gasteiger partial charge in [-0.1, -0.05) is 30.3 Å². The second-order valence-corrected chi connectivity index (χ2v) is 18.5. The maximum atomic E-state index is 9.87. The van der Waals surface area contributed by atoms with Gasteiger partial charge in [0, 0.05) is 70.5 Å². The first-order valence-electron chi connectivity index (χ1n) is 19.9. The van der Waals surface area contributed by atoms with Crippen LogP contribution in [-0.2, 0) is 34.1 Å². The third-order valence-corrected chi connectivity index (χ3v) is 9.58. The van der Waals surface area contributed by atoms with Crippen LogP contribution in [0.5, 0.6) is 0 Å². The number of fused-ring (bicyclic) bond motifs is 3. The van der Waals surface area contributed by atoms with Gasteiger partial charge >= 0.3 is 100 Å². The summed E-state index contributed by atoms with van der Waals surface area (Å²) < 4.78 is 118. The molecule has 8 aliphatic carbocycles. The van der Waals surface area contributed by atoms with Crippen LogP contribution in [0.1, 0.15) is 33.4 Å². The first-order valence-corrected chi connectivity index (χ1v) is 24.0. The van der Waals surface area contributed by atoms with E-state index in [2.05, 4.69) is 173 Å². The topological polar surface area (TPSA) is 0 Å². The average molecular weight is 1060 g/mol. The molecule has 0 saturated heterocycles. The average Bonchev–Trinajstić information content (AvgIpc) is 4.06. The number of hydrogen-bond acceptors (Lipinski definition) is 0. The van der Waals surface area contributed by atoms with Gasteiger partial charge in [0.2, 0.25) is 0 Å². The SMILES string of the molecule is F[P-](F)(F)(F)(F)F.F[P-](F)(F)(F)(F)F.[CH]1[CH][CH][CH][CH]1.[CH]1[CH][CH][CH][CH]1.[CH]1[CH][CH][C](/C(=C2/C=Cc3ccccc[c+]32)c2cc(/C([C]3[CH][CH][CH][CH]3)=C3\C=Cc4ccccc[c+]43)c3cccccc2-3)[CH]1.[Fe+2].[Fe+2]. The first-order chi connectivity index (χ1) is 30.8. The van der Waals surface area contributed by atoms with Crippen molar-refractivity contribution in [3.8, 4) is 11.1 Å². The predicted molar refractivity (Wildman–Crippen MR) is 247 cm³/mol. The molecule has 16 heteroatoms. The van der Waals surface area contributed by atoms with Crippen LogP contribution in [0.3, 0.4) is 0 Å². The number of rotatable bonds is 4. The van der Waals surface area contributed by atoms with Gasteiger partial charge in [0.25, 0.3) is 0 Å². The van der Waals surface area contributed by atoms with Crippen molar-refractivity contribution in [2.24, 2.45) is 0 Å². The van der Waals surface area contributed by atoms with E-state index >= 15 is 0 Å². The zero-order chi connectivity index (χ0) is 47.8. The Balaban J connectivity index is 0.000000318. The quantitative estimate of drug-likeness (QED) is 0.0827. The van der Waals surface area contributed by atoms with Crippen molar-refractivity contribution in [2.75, 3.05) is 0 Å². The van der Waals surface area contributed by atoms with E-state index < -0.39 is 15.6 Å². The Kier molecular flexibility index (Phi) is 18.7. The summed E-state index contributed by atoms with van der Waals surface area (Å²) in [5, 5.41) is 0. The Hall–Kier alpha value is -3.10. The van der Waals surface area contributed by atoms with Gasteiger partial charge in [-0.05, 0) is 181 Å². The summed E-state index contributed by atoms with van der Waals surface area (Å²) in [5.41, 5.74) is 15.1. The van der Waals surface area contributed by atoms with Crippen molar-refractivity contribution in [3.05, 3.63) is 270 Å². The maximum Gasteiger partial charge on any atom is 2.00 e. The third-order valence-electron chi connectivity index (χ3n) is 9.58. The monoisotopic (exact) mass is 1060 g/mol. The molecule has 10 rings (SSSR count). The van der Waals surface area contributed by atoms with Gasteiger partial charge in [-0.3, -0.25) is 0 Å². The van der Waals surface area contributed by atoms with Gasteiger partial charge < -0.3 is 0 Å². The van der Waals surface area contributed by atoms with Crippen molar-refractivity contribution in [1.82, 2.24) is 0 Å². The minimum atomic E-state index is -10.7. The van der Waals surface area contributed by atoms with Gasteiger partial charge in [-0.2, -0.15) is 0 Å². The standard InChI is InChI=1S/C42H28.2C5H5.2F6P.2Fe/c1-4-14-29-24-26-37(33(29)20-6-1)41(31-16-10-11-17-31)39-28-40(36-23-9-3-8-22-35(36)39)42(32-18-12-13-19-32)38-27-25-30-15-5-2-7-21-34(30)38;2*1-2-4-5-3-1;2*1-7(2,3,4,5)6;;/h1-28H;2*1-5H;;;;/q+2;;;2*-1;2*+2/b41-37+,42-38+;;;;;;. The number of hydrogen-bond donors (Lipinski definition) is 0. The minimum absolute atomic E-state index is 0. The van der Waals surface area contributed by atoms with Crippen molar-refractivity contribution < 1.29 is 84.5 Å². The fraction of sp³-hybridized carbons (Fsp3) is 0. The molecule has 0 amide bonds. The van der Waals surface area contributed by atoms with Gasteiger partial charge in [-0.15, -0.1) is 0 Å². The maximum absolute atomic E-state index is 10.7. The number of halogens is 12. The summed E-state index contributed by atoms with van der Waals surface area (Å²) in [6.07, 6.45) is 46.6. The normalized spacial score (nSPS) is 20.8. The van der Waals surface area contributed by atoms with Crippen molar-refractivity contribution in [1.29, 1.82) is 0 Å². The van der Waals surface area contributed by atoms with Crippen LogP contribution >= 0.6 is 15.6 Å². The molecule has 0 atom stereocenters. The molecule has 0 unspecified atom stereocenters. The molecular formula is C52H38F12Fe2P2+4. The molecular weight excluding hydrogens is 1030 g/mol. The van der Waals surface area contributed by atoms with Crippen LogP contribution in [-0.4, -0.2) is 0 Å². The molecule has 68 heavy (non-hydrogen) atoms. The largest absolute Gasteiger partial charge is 2.00 e. The van der Waals surface area contributed by atoms with E-state index in [-0.39, 0.29) is 34.1 Å². The van der Waals surface area contributed by atoms with E-state index in [1.54, 1.807) is 0 Å². The Morgan fingerprint density at radius 1 is 0.338 bits per heavy atom. The molecule has 0 nitrogen and oxygen atoms in total. The Morgan fingerprint density at radius 3 is 0.926 bits per heavy atom. The fourth-order valence-corrected chi connectivity index (χ4v) is 7.23. The zero-order valence-corrected chi connectivity index (χ0v) is 39.1. The smallest absolute Gasteiger partial charge is 0.0622 e. The van der Waals surface area contributed by atoms with Crippen LogP contribution < -0.4 is 0 Å². The molecule has 8 aliphatic rings. The first kappa shape index (κ1) is 57.5. The van der Waals surface area contributed by atoms with E-state index in [4.69, 9.17) is 0 Å². The van der Waals surface area contributed by atoms with Crippen LogP contribution in [0.15, 0.2) is 109 Å². The summed E-state index contributed by atoms with van der Waals surface area (Å²) in [4.78, 5) is 0. The Bertz CT molecular complexity index is 2230. The molecule has 2 aromatic rings. The summed E-state index contributed by atoms with van der Waals surface area (Å²) in [7, 11) is -21.3. The third kappa shape index (κ3) is 19.6. The van der Waals surface area contributed by atoms with Crippen LogP contribution in [0, 0.1) is 127 Å². The molecule has 4 saturated carbocycles. The van der Waals surface area contributed by atoms with E-state index in [0.29, 0.717) is 0 Å². The van der Waals surface area contributed by atoms with Gasteiger partial charge in [0.1, 0.15) is 0 Å². The molecule has 0 N–H and O–H groups in total. The summed E-state index contributed by atoms with van der Waals surface area (Å²) in [6.45, 7) is 0. The molecule has 352 valence electrons. The molecule has 20 radical (unpaired) electrons. The van der Waals surface area contributed by atoms with E-state index in [9.17, 15) is 50.4 Å². The minimum Gasteiger partial charge on any atom is -0.0622 e. The second kappa shape index (κ2) is 22.1. The second-order valence-electron chi connectivity index (χ2n) is 14.7. The van der Waals surface area contributed by atoms with Gasteiger partial charge in [-0.25, -0.2) is 0 Å². The van der Waals surface area contributed by atoms with E-state index in [1.165, 1.54) is 78.6 Å². The molecule has 0 aromatic heterocycles. The van der Waals surface area contributed by atoms with Crippen molar-refractivity contribution >= 4 is 50.1 Å². The predicted octanol–water partition coefficient (Wildman–Crippen LogP) is 18.8. The Labute approximate surface area is 413 Å². The molecule has 0 heterocycles. The zero-order valence-electron chi connectivity index (χ0n) is 35.1. The molecule has 2 aromatic carbocycles.